The molecule has 1 aromatic rings. The first kappa shape index (κ1) is 32.5. The molecule has 0 aromatic heterocycles. The molecule has 9 nitrogen and oxygen atoms in total. The summed E-state index contributed by atoms with van der Waals surface area (Å²) in [6.07, 6.45) is 7.52. The Labute approximate surface area is 227 Å². The highest BCUT2D eigenvalue weighted by Crippen LogP contribution is 2.25. The monoisotopic (exact) mass is 529 g/mol. The zero-order valence-electron chi connectivity index (χ0n) is 23.8. The first-order valence-electron chi connectivity index (χ1n) is 13.0. The molecule has 210 valence electrons. The summed E-state index contributed by atoms with van der Waals surface area (Å²) in [5.74, 6) is 1.03. The number of benzene rings is 1. The van der Waals surface area contributed by atoms with E-state index in [1.807, 2.05) is 20.8 Å². The molecule has 0 bridgehead atoms. The predicted molar refractivity (Wildman–Crippen MR) is 146 cm³/mol. The van der Waals surface area contributed by atoms with Crippen molar-refractivity contribution in [2.75, 3.05) is 20.2 Å². The van der Waals surface area contributed by atoms with Gasteiger partial charge < -0.3 is 25.0 Å². The smallest absolute Gasteiger partial charge is 0.408 e. The number of amides is 3. The summed E-state index contributed by atoms with van der Waals surface area (Å²) in [7, 11) is 1.23. The maximum Gasteiger partial charge on any atom is 0.408 e. The fraction of sp³-hybridized carbons (Fsp3) is 0.586. The lowest BCUT2D eigenvalue weighted by Gasteiger charge is -2.35. The Bertz CT molecular complexity index is 976. The maximum atomic E-state index is 14.1. The van der Waals surface area contributed by atoms with E-state index in [1.54, 1.807) is 45.0 Å². The minimum atomic E-state index is -1.06. The SMILES string of the molecule is C#Cc1ccc(C(C(=O)NCC(=O)OC)N(CCCCC)C(=O)C(CC(C)C)NC(=O)OC(C)(C)C)cc1. The van der Waals surface area contributed by atoms with Crippen LogP contribution in [0, 0.1) is 18.3 Å². The van der Waals surface area contributed by atoms with Crippen molar-refractivity contribution in [1.29, 1.82) is 0 Å². The van der Waals surface area contributed by atoms with Crippen molar-refractivity contribution in [3.8, 4) is 12.3 Å². The highest BCUT2D eigenvalue weighted by molar-refractivity contribution is 5.93. The first-order chi connectivity index (χ1) is 17.8. The van der Waals surface area contributed by atoms with Crippen LogP contribution >= 0.6 is 0 Å². The predicted octanol–water partition coefficient (Wildman–Crippen LogP) is 3.96. The summed E-state index contributed by atoms with van der Waals surface area (Å²) in [6.45, 7) is 11.1. The van der Waals surface area contributed by atoms with E-state index in [9.17, 15) is 19.2 Å². The van der Waals surface area contributed by atoms with E-state index in [0.29, 0.717) is 24.0 Å². The zero-order valence-corrected chi connectivity index (χ0v) is 23.8. The lowest BCUT2D eigenvalue weighted by atomic mass is 9.98. The number of nitrogens with one attached hydrogen (secondary N) is 2. The highest BCUT2D eigenvalue weighted by atomic mass is 16.6. The number of hydrogen-bond donors (Lipinski definition) is 2. The summed E-state index contributed by atoms with van der Waals surface area (Å²) in [5, 5.41) is 5.29. The van der Waals surface area contributed by atoms with Gasteiger partial charge in [0.15, 0.2) is 0 Å². The van der Waals surface area contributed by atoms with Crippen LogP contribution in [-0.4, -0.2) is 60.6 Å². The number of methoxy groups -OCH3 is 1. The minimum Gasteiger partial charge on any atom is -0.468 e. The molecule has 0 fully saturated rings. The zero-order chi connectivity index (χ0) is 28.9. The van der Waals surface area contributed by atoms with E-state index in [1.165, 1.54) is 12.0 Å². The van der Waals surface area contributed by atoms with Crippen LogP contribution in [0.3, 0.4) is 0 Å². The van der Waals surface area contributed by atoms with Crippen LogP contribution in [-0.2, 0) is 23.9 Å². The lowest BCUT2D eigenvalue weighted by molar-refractivity contribution is -0.145. The molecule has 0 heterocycles. The average molecular weight is 530 g/mol. The van der Waals surface area contributed by atoms with Gasteiger partial charge in [-0.3, -0.25) is 14.4 Å². The topological polar surface area (TPSA) is 114 Å². The minimum absolute atomic E-state index is 0.0675. The van der Waals surface area contributed by atoms with Crippen molar-refractivity contribution in [2.45, 2.75) is 84.9 Å². The average Bonchev–Trinajstić information content (AvgIpc) is 2.84. The summed E-state index contributed by atoms with van der Waals surface area (Å²) in [4.78, 5) is 53.4. The molecule has 0 aliphatic rings. The second-order valence-electron chi connectivity index (χ2n) is 10.5. The van der Waals surface area contributed by atoms with Gasteiger partial charge in [-0.05, 0) is 57.2 Å². The number of hydrogen-bond acceptors (Lipinski definition) is 6. The van der Waals surface area contributed by atoms with Crippen LogP contribution in [0.1, 0.15) is 84.4 Å². The summed E-state index contributed by atoms with van der Waals surface area (Å²) < 4.78 is 10.1. The lowest BCUT2D eigenvalue weighted by Crippen LogP contribution is -2.54. The van der Waals surface area contributed by atoms with Crippen LogP contribution in [0.25, 0.3) is 0 Å². The number of unbranched alkanes of at least 4 members (excludes halogenated alkanes) is 2. The normalized spacial score (nSPS) is 12.6. The number of alkyl carbamates (subject to hydrolysis) is 1. The van der Waals surface area contributed by atoms with Gasteiger partial charge in [0.05, 0.1) is 7.11 Å². The van der Waals surface area contributed by atoms with Gasteiger partial charge in [0, 0.05) is 12.1 Å². The molecule has 0 saturated carbocycles. The van der Waals surface area contributed by atoms with Gasteiger partial charge in [-0.1, -0.05) is 51.7 Å². The molecule has 38 heavy (non-hydrogen) atoms. The van der Waals surface area contributed by atoms with E-state index in [2.05, 4.69) is 21.3 Å². The van der Waals surface area contributed by atoms with Crippen LogP contribution in [0.5, 0.6) is 0 Å². The third kappa shape index (κ3) is 11.2. The number of carbonyl (C=O) groups is 4. The van der Waals surface area contributed by atoms with Gasteiger partial charge in [0.25, 0.3) is 0 Å². The molecule has 2 unspecified atom stereocenters. The number of esters is 1. The fourth-order valence-corrected chi connectivity index (χ4v) is 3.80. The van der Waals surface area contributed by atoms with Gasteiger partial charge in [-0.15, -0.1) is 6.42 Å². The first-order valence-corrected chi connectivity index (χ1v) is 13.0. The standard InChI is InChI=1S/C29H43N3O6/c1-9-11-12-17-32(27(35)23(18-20(3)4)31-28(36)38-29(5,6)7)25(26(34)30-19-24(33)37-8)22-15-13-21(10-2)14-16-22/h2,13-16,20,23,25H,9,11-12,17-19H2,1,3-8H3,(H,30,34)(H,31,36). The van der Waals surface area contributed by atoms with E-state index in [4.69, 9.17) is 11.2 Å². The van der Waals surface area contributed by atoms with Crippen molar-refractivity contribution >= 4 is 23.9 Å². The van der Waals surface area contributed by atoms with Crippen molar-refractivity contribution < 1.29 is 28.7 Å². The Hall–Kier alpha value is -3.54. The molecular weight excluding hydrogens is 486 g/mol. The number of rotatable bonds is 13. The largest absolute Gasteiger partial charge is 0.468 e. The summed E-state index contributed by atoms with van der Waals surface area (Å²) in [5.41, 5.74) is 0.401. The summed E-state index contributed by atoms with van der Waals surface area (Å²) in [6, 6.07) is 4.77. The molecular formula is C29H43N3O6. The van der Waals surface area contributed by atoms with Gasteiger partial charge >= 0.3 is 12.1 Å². The van der Waals surface area contributed by atoms with E-state index >= 15 is 0 Å². The van der Waals surface area contributed by atoms with Crippen molar-refractivity contribution in [3.05, 3.63) is 35.4 Å². The Morgan fingerprint density at radius 1 is 1.08 bits per heavy atom. The van der Waals surface area contributed by atoms with Crippen molar-refractivity contribution in [3.63, 3.8) is 0 Å². The van der Waals surface area contributed by atoms with Crippen LogP contribution in [0.15, 0.2) is 24.3 Å². The van der Waals surface area contributed by atoms with Gasteiger partial charge in [-0.2, -0.15) is 0 Å². The molecule has 2 N–H and O–H groups in total. The highest BCUT2D eigenvalue weighted by Gasteiger charge is 2.36. The fourth-order valence-electron chi connectivity index (χ4n) is 3.80. The maximum absolute atomic E-state index is 14.1. The van der Waals surface area contributed by atoms with Gasteiger partial charge in [0.2, 0.25) is 11.8 Å². The Morgan fingerprint density at radius 2 is 1.71 bits per heavy atom. The number of ether oxygens (including phenoxy) is 2. The third-order valence-electron chi connectivity index (χ3n) is 5.57. The third-order valence-corrected chi connectivity index (χ3v) is 5.57. The number of terminal acetylenes is 1. The van der Waals surface area contributed by atoms with Gasteiger partial charge in [-0.25, -0.2) is 4.79 Å². The van der Waals surface area contributed by atoms with Crippen LogP contribution < -0.4 is 10.6 Å². The molecule has 0 spiro atoms. The van der Waals surface area contributed by atoms with E-state index in [0.717, 1.165) is 12.8 Å². The second kappa shape index (κ2) is 15.7. The van der Waals surface area contributed by atoms with E-state index in [-0.39, 0.29) is 19.0 Å². The van der Waals surface area contributed by atoms with Crippen molar-refractivity contribution in [2.24, 2.45) is 5.92 Å². The Balaban J connectivity index is 3.50. The molecule has 9 heteroatoms. The van der Waals surface area contributed by atoms with Crippen molar-refractivity contribution in [1.82, 2.24) is 15.5 Å². The van der Waals surface area contributed by atoms with Gasteiger partial charge in [0.1, 0.15) is 24.2 Å². The van der Waals surface area contributed by atoms with Crippen LogP contribution in [0.4, 0.5) is 4.79 Å². The quantitative estimate of drug-likeness (QED) is 0.227. The molecule has 1 aromatic carbocycles. The molecule has 0 aliphatic heterocycles. The Kier molecular flexibility index (Phi) is 13.4. The molecule has 3 amide bonds. The molecule has 0 radical (unpaired) electrons. The molecule has 0 aliphatic carbocycles. The number of carbonyl (C=O) groups excluding carboxylic acids is 4. The molecule has 0 saturated heterocycles. The second-order valence-corrected chi connectivity index (χ2v) is 10.5. The van der Waals surface area contributed by atoms with Crippen LogP contribution in [0.2, 0.25) is 0 Å². The summed E-state index contributed by atoms with van der Waals surface area (Å²) >= 11 is 0. The molecule has 2 atom stereocenters. The molecule has 1 rings (SSSR count). The number of nitrogens with zero attached hydrogens (tertiary/aromatic N) is 1. The van der Waals surface area contributed by atoms with E-state index < -0.39 is 41.6 Å². The Morgan fingerprint density at radius 3 is 2.21 bits per heavy atom.